The third-order valence-electron chi connectivity index (χ3n) is 10.0. The van der Waals surface area contributed by atoms with E-state index in [0.29, 0.717) is 30.0 Å². The van der Waals surface area contributed by atoms with Crippen LogP contribution in [0.15, 0.2) is 0 Å². The van der Waals surface area contributed by atoms with E-state index in [1.165, 1.54) is 6.92 Å². The molecule has 4 rings (SSSR count). The molecule has 0 radical (unpaired) electrons. The molecule has 0 amide bonds. The molecular weight excluding hydrogens is 352 g/mol. The quantitative estimate of drug-likeness (QED) is 0.641. The zero-order valence-corrected chi connectivity index (χ0v) is 18.2. The molecule has 0 bridgehead atoms. The molecule has 0 aromatic carbocycles. The van der Waals surface area contributed by atoms with Crippen LogP contribution in [0.3, 0.4) is 0 Å². The summed E-state index contributed by atoms with van der Waals surface area (Å²) in [6, 6.07) is 0. The van der Waals surface area contributed by atoms with Gasteiger partial charge in [0.2, 0.25) is 0 Å². The maximum atomic E-state index is 13.5. The predicted molar refractivity (Wildman–Crippen MR) is 106 cm³/mol. The fourth-order valence-electron chi connectivity index (χ4n) is 8.28. The van der Waals surface area contributed by atoms with Gasteiger partial charge in [-0.15, -0.1) is 0 Å². The molecule has 8 atom stereocenters. The molecule has 4 saturated carbocycles. The fourth-order valence-corrected chi connectivity index (χ4v) is 8.28. The minimum absolute atomic E-state index is 0.0188. The second-order valence-corrected chi connectivity index (χ2v) is 11.0. The van der Waals surface area contributed by atoms with Crippen LogP contribution < -0.4 is 0 Å². The summed E-state index contributed by atoms with van der Waals surface area (Å²) in [6.45, 7) is 10.0. The van der Waals surface area contributed by atoms with Gasteiger partial charge in [-0.1, -0.05) is 20.8 Å². The minimum Gasteiger partial charge on any atom is -0.463 e. The van der Waals surface area contributed by atoms with Crippen LogP contribution in [0.25, 0.3) is 0 Å². The molecule has 0 heterocycles. The highest BCUT2D eigenvalue weighted by atomic mass is 16.5. The molecule has 0 saturated heterocycles. The number of ether oxygens (including phenoxy) is 1. The lowest BCUT2D eigenvalue weighted by Crippen LogP contribution is -2.60. The van der Waals surface area contributed by atoms with E-state index in [9.17, 15) is 14.4 Å². The third kappa shape index (κ3) is 2.58. The fraction of sp³-hybridized carbons (Fsp3) is 0.875. The van der Waals surface area contributed by atoms with Crippen molar-refractivity contribution < 1.29 is 19.1 Å². The van der Waals surface area contributed by atoms with Gasteiger partial charge >= 0.3 is 5.97 Å². The summed E-state index contributed by atoms with van der Waals surface area (Å²) in [4.78, 5) is 37.2. The Labute approximate surface area is 169 Å². The van der Waals surface area contributed by atoms with E-state index in [1.54, 1.807) is 6.92 Å². The first-order chi connectivity index (χ1) is 13.0. The van der Waals surface area contributed by atoms with Crippen LogP contribution in [-0.4, -0.2) is 23.6 Å². The largest absolute Gasteiger partial charge is 0.463 e. The first-order valence-electron chi connectivity index (χ1n) is 11.2. The molecule has 4 nitrogen and oxygen atoms in total. The third-order valence-corrected chi connectivity index (χ3v) is 10.0. The number of esters is 1. The summed E-state index contributed by atoms with van der Waals surface area (Å²) < 4.78 is 5.59. The number of hydrogen-bond donors (Lipinski definition) is 0. The van der Waals surface area contributed by atoms with Gasteiger partial charge in [-0.25, -0.2) is 0 Å². The average molecular weight is 389 g/mol. The average Bonchev–Trinajstić information content (AvgIpc) is 2.95. The van der Waals surface area contributed by atoms with E-state index >= 15 is 0 Å². The summed E-state index contributed by atoms with van der Waals surface area (Å²) >= 11 is 0. The second kappa shape index (κ2) is 6.40. The van der Waals surface area contributed by atoms with Gasteiger partial charge in [-0.05, 0) is 80.5 Å². The first-order valence-corrected chi connectivity index (χ1v) is 11.2. The Hall–Kier alpha value is -1.19. The zero-order valence-electron chi connectivity index (χ0n) is 18.2. The molecule has 4 aliphatic rings. The first kappa shape index (κ1) is 20.1. The van der Waals surface area contributed by atoms with Crippen LogP contribution in [0.1, 0.15) is 86.0 Å². The van der Waals surface area contributed by atoms with Crippen LogP contribution in [0, 0.1) is 39.9 Å². The molecule has 0 unspecified atom stereocenters. The van der Waals surface area contributed by atoms with Gasteiger partial charge in [0.15, 0.2) is 0 Å². The van der Waals surface area contributed by atoms with Gasteiger partial charge in [0, 0.05) is 24.7 Å². The molecule has 0 aromatic rings. The number of ketones is 2. The van der Waals surface area contributed by atoms with Gasteiger partial charge in [0.25, 0.3) is 0 Å². The summed E-state index contributed by atoms with van der Waals surface area (Å²) in [5, 5.41) is 0. The van der Waals surface area contributed by atoms with Gasteiger partial charge in [0.05, 0.1) is 0 Å². The Kier molecular flexibility index (Phi) is 4.60. The van der Waals surface area contributed by atoms with Crippen molar-refractivity contribution in [3.8, 4) is 0 Å². The maximum Gasteiger partial charge on any atom is 0.302 e. The van der Waals surface area contributed by atoms with E-state index < -0.39 is 5.41 Å². The zero-order chi connectivity index (χ0) is 20.5. The van der Waals surface area contributed by atoms with Gasteiger partial charge in [-0.3, -0.25) is 14.4 Å². The lowest BCUT2D eigenvalue weighted by molar-refractivity contribution is -0.185. The van der Waals surface area contributed by atoms with Crippen LogP contribution >= 0.6 is 0 Å². The van der Waals surface area contributed by atoms with Crippen LogP contribution in [0.2, 0.25) is 0 Å². The van der Waals surface area contributed by atoms with Crippen LogP contribution in [0.5, 0.6) is 0 Å². The topological polar surface area (TPSA) is 60.4 Å². The van der Waals surface area contributed by atoms with Crippen molar-refractivity contribution in [3.05, 3.63) is 0 Å². The molecule has 4 heteroatoms. The molecule has 4 fully saturated rings. The Balaban J connectivity index is 1.64. The number of fused-ring (bicyclic) bond motifs is 5. The predicted octanol–water partition coefficient (Wildman–Crippen LogP) is 4.74. The lowest BCUT2D eigenvalue weighted by Gasteiger charge is -2.64. The maximum absolute atomic E-state index is 13.5. The highest BCUT2D eigenvalue weighted by Gasteiger charge is 2.66. The van der Waals surface area contributed by atoms with Crippen molar-refractivity contribution in [2.45, 2.75) is 92.1 Å². The molecular formula is C24H36O4. The highest BCUT2D eigenvalue weighted by molar-refractivity contribution is 5.93. The normalized spacial score (nSPS) is 50.3. The van der Waals surface area contributed by atoms with Crippen molar-refractivity contribution in [2.75, 3.05) is 0 Å². The molecule has 28 heavy (non-hydrogen) atoms. The summed E-state index contributed by atoms with van der Waals surface area (Å²) in [5.41, 5.74) is -0.219. The second-order valence-electron chi connectivity index (χ2n) is 11.0. The molecule has 156 valence electrons. The number of rotatable bonds is 2. The number of carbonyl (C=O) groups is 3. The standard InChI is InChI=1S/C24H36O4/c1-14(25)18-6-7-19-17-9-10-22(3)13-16(28-15(2)26)8-11-23(22,4)20(17)12-21(27)24(18,19)5/h16-20H,6-13H2,1-5H3/t16-,17-,18+,19-,20-,22+,23-,24+/m1/s1. The molecule has 0 aliphatic heterocycles. The summed E-state index contributed by atoms with van der Waals surface area (Å²) in [5.74, 6) is 1.59. The van der Waals surface area contributed by atoms with Gasteiger partial charge < -0.3 is 4.74 Å². The van der Waals surface area contributed by atoms with Crippen molar-refractivity contribution in [1.29, 1.82) is 0 Å². The van der Waals surface area contributed by atoms with E-state index in [4.69, 9.17) is 4.74 Å². The Morgan fingerprint density at radius 1 is 0.964 bits per heavy atom. The van der Waals surface area contributed by atoms with Crippen molar-refractivity contribution in [1.82, 2.24) is 0 Å². The SMILES string of the molecule is CC(=O)O[C@@H]1CC[C@]2(C)[C@@H]3CC(=O)[C@]4(C)[C@H](CC[C@H]4C(C)=O)[C@H]3CC[C@@]2(C)C1. The minimum atomic E-state index is -0.438. The molecule has 0 N–H and O–H groups in total. The monoisotopic (exact) mass is 388 g/mol. The smallest absolute Gasteiger partial charge is 0.302 e. The Morgan fingerprint density at radius 2 is 1.68 bits per heavy atom. The molecule has 0 aromatic heterocycles. The van der Waals surface area contributed by atoms with Crippen molar-refractivity contribution in [2.24, 2.45) is 39.9 Å². The highest BCUT2D eigenvalue weighted by Crippen LogP contribution is 2.70. The molecule has 0 spiro atoms. The number of Topliss-reactive ketones (excluding diaryl/α,β-unsaturated/α-hetero) is 2. The van der Waals surface area contributed by atoms with Crippen molar-refractivity contribution >= 4 is 17.5 Å². The van der Waals surface area contributed by atoms with Gasteiger partial charge in [-0.2, -0.15) is 0 Å². The number of hydrogen-bond acceptors (Lipinski definition) is 4. The van der Waals surface area contributed by atoms with Crippen LogP contribution in [-0.2, 0) is 19.1 Å². The van der Waals surface area contributed by atoms with Crippen LogP contribution in [0.4, 0.5) is 0 Å². The summed E-state index contributed by atoms with van der Waals surface area (Å²) in [6.07, 6.45) is 7.67. The summed E-state index contributed by atoms with van der Waals surface area (Å²) in [7, 11) is 0. The van der Waals surface area contributed by atoms with E-state index in [1.807, 2.05) is 0 Å². The van der Waals surface area contributed by atoms with E-state index in [0.717, 1.165) is 44.9 Å². The lowest BCUT2D eigenvalue weighted by atomic mass is 9.40. The van der Waals surface area contributed by atoms with E-state index in [-0.39, 0.29) is 34.6 Å². The van der Waals surface area contributed by atoms with Crippen molar-refractivity contribution in [3.63, 3.8) is 0 Å². The van der Waals surface area contributed by atoms with E-state index in [2.05, 4.69) is 20.8 Å². The number of carbonyl (C=O) groups excluding carboxylic acids is 3. The van der Waals surface area contributed by atoms with Gasteiger partial charge in [0.1, 0.15) is 17.7 Å². The Morgan fingerprint density at radius 3 is 2.32 bits per heavy atom. The Bertz CT molecular complexity index is 713. The molecule has 4 aliphatic carbocycles.